The molecule has 2 nitrogen and oxygen atoms in total. The number of hydrogen-bond acceptors (Lipinski definition) is 2. The summed E-state index contributed by atoms with van der Waals surface area (Å²) >= 11 is 0. The molecule has 0 aliphatic heterocycles. The van der Waals surface area contributed by atoms with Crippen molar-refractivity contribution in [2.45, 2.75) is 20.3 Å². The van der Waals surface area contributed by atoms with Gasteiger partial charge in [0.25, 0.3) is 0 Å². The predicted octanol–water partition coefficient (Wildman–Crippen LogP) is 3.04. The van der Waals surface area contributed by atoms with Gasteiger partial charge < -0.3 is 9.47 Å². The topological polar surface area (TPSA) is 18.5 Å². The molecule has 1 aromatic rings. The lowest BCUT2D eigenvalue weighted by molar-refractivity contribution is 0.295. The van der Waals surface area contributed by atoms with E-state index in [1.165, 1.54) is 0 Å². The third-order valence-electron chi connectivity index (χ3n) is 1.56. The fraction of sp³-hybridized carbons (Fsp3) is 0.364. The maximum absolute atomic E-state index is 5.49. The van der Waals surface area contributed by atoms with Gasteiger partial charge in [0, 0.05) is 0 Å². The summed E-state index contributed by atoms with van der Waals surface area (Å²) < 4.78 is 10.8. The summed E-state index contributed by atoms with van der Waals surface area (Å²) in [6.07, 6.45) is 1.00. The Balaban J connectivity index is 2.66. The normalized spacial score (nSPS) is 9.69. The van der Waals surface area contributed by atoms with E-state index in [9.17, 15) is 0 Å². The summed E-state index contributed by atoms with van der Waals surface area (Å²) in [7, 11) is 0. The molecule has 0 N–H and O–H groups in total. The third-order valence-corrected chi connectivity index (χ3v) is 1.56. The van der Waals surface area contributed by atoms with E-state index in [1.54, 1.807) is 6.61 Å². The highest BCUT2D eigenvalue weighted by Crippen LogP contribution is 2.26. The molecule has 0 aliphatic rings. The van der Waals surface area contributed by atoms with Crippen molar-refractivity contribution in [3.8, 4) is 11.5 Å². The average molecular weight is 179 g/mol. The molecular weight excluding hydrogens is 164 g/mol. The first-order chi connectivity index (χ1) is 6.38. The number of rotatable bonds is 5. The van der Waals surface area contributed by atoms with Crippen LogP contribution in [-0.4, -0.2) is 6.61 Å². The highest BCUT2D eigenvalue weighted by Gasteiger charge is 2.01. The van der Waals surface area contributed by atoms with Crippen molar-refractivity contribution in [1.82, 2.24) is 0 Å². The Bertz CT molecular complexity index is 246. The molecule has 1 rings (SSSR count). The molecule has 2 heteroatoms. The molecule has 0 spiro atoms. The Hall–Kier alpha value is -1.18. The Labute approximate surface area is 79.5 Å². The predicted molar refractivity (Wildman–Crippen MR) is 52.8 cm³/mol. The second kappa shape index (κ2) is 5.46. The van der Waals surface area contributed by atoms with Crippen LogP contribution in [0.4, 0.5) is 0 Å². The van der Waals surface area contributed by atoms with Gasteiger partial charge in [0.1, 0.15) is 6.61 Å². The average Bonchev–Trinajstić information content (AvgIpc) is 2.17. The first-order valence-electron chi connectivity index (χ1n) is 4.54. The molecule has 1 radical (unpaired) electrons. The van der Waals surface area contributed by atoms with Gasteiger partial charge in [-0.1, -0.05) is 19.1 Å². The van der Waals surface area contributed by atoms with Gasteiger partial charge >= 0.3 is 0 Å². The van der Waals surface area contributed by atoms with Crippen molar-refractivity contribution < 1.29 is 9.47 Å². The summed E-state index contributed by atoms with van der Waals surface area (Å²) in [4.78, 5) is 0. The van der Waals surface area contributed by atoms with Crippen LogP contribution in [0, 0.1) is 6.61 Å². The Morgan fingerprint density at radius 2 is 1.92 bits per heavy atom. The molecule has 0 unspecified atom stereocenters. The van der Waals surface area contributed by atoms with Gasteiger partial charge in [-0.3, -0.25) is 0 Å². The number of hydrogen-bond donors (Lipinski definition) is 0. The van der Waals surface area contributed by atoms with Crippen LogP contribution < -0.4 is 9.47 Å². The summed E-state index contributed by atoms with van der Waals surface area (Å²) in [6.45, 7) is 6.30. The van der Waals surface area contributed by atoms with Crippen LogP contribution >= 0.6 is 0 Å². The number of benzene rings is 1. The molecule has 0 amide bonds. The van der Waals surface area contributed by atoms with E-state index in [1.807, 2.05) is 31.2 Å². The van der Waals surface area contributed by atoms with Crippen LogP contribution in [0.1, 0.15) is 20.3 Å². The highest BCUT2D eigenvalue weighted by atomic mass is 16.5. The molecule has 13 heavy (non-hydrogen) atoms. The zero-order chi connectivity index (χ0) is 9.52. The van der Waals surface area contributed by atoms with E-state index >= 15 is 0 Å². The van der Waals surface area contributed by atoms with E-state index in [2.05, 4.69) is 6.92 Å². The molecular formula is C11H15O2. The highest BCUT2D eigenvalue weighted by molar-refractivity contribution is 5.39. The monoisotopic (exact) mass is 179 g/mol. The summed E-state index contributed by atoms with van der Waals surface area (Å²) in [5.41, 5.74) is 0. The van der Waals surface area contributed by atoms with Gasteiger partial charge in [0.2, 0.25) is 0 Å². The smallest absolute Gasteiger partial charge is 0.161 e. The molecule has 0 heterocycles. The Morgan fingerprint density at radius 1 is 1.23 bits per heavy atom. The lowest BCUT2D eigenvalue weighted by Crippen LogP contribution is -1.97. The number of ether oxygens (including phenoxy) is 2. The van der Waals surface area contributed by atoms with E-state index in [0.717, 1.165) is 24.5 Å². The molecule has 1 aromatic carbocycles. The van der Waals surface area contributed by atoms with Crippen molar-refractivity contribution in [2.75, 3.05) is 6.61 Å². The van der Waals surface area contributed by atoms with Gasteiger partial charge in [0.05, 0.1) is 6.61 Å². The fourth-order valence-corrected chi connectivity index (χ4v) is 1.01. The number of para-hydroxylation sites is 2. The van der Waals surface area contributed by atoms with Crippen LogP contribution in [0.5, 0.6) is 11.5 Å². The maximum Gasteiger partial charge on any atom is 0.161 e. The third kappa shape index (κ3) is 2.98. The maximum atomic E-state index is 5.49. The molecule has 0 saturated heterocycles. The van der Waals surface area contributed by atoms with Crippen LogP contribution in [0.25, 0.3) is 0 Å². The van der Waals surface area contributed by atoms with E-state index in [4.69, 9.17) is 9.47 Å². The van der Waals surface area contributed by atoms with Crippen LogP contribution in [0.3, 0.4) is 0 Å². The minimum Gasteiger partial charge on any atom is -0.490 e. The van der Waals surface area contributed by atoms with Gasteiger partial charge in [-0.05, 0) is 25.5 Å². The molecule has 0 saturated carbocycles. The molecule has 0 aliphatic carbocycles. The molecule has 0 bridgehead atoms. The van der Waals surface area contributed by atoms with Gasteiger partial charge in [-0.2, -0.15) is 0 Å². The summed E-state index contributed by atoms with van der Waals surface area (Å²) in [5.74, 6) is 1.58. The quantitative estimate of drug-likeness (QED) is 0.691. The first kappa shape index (κ1) is 9.90. The summed E-state index contributed by atoms with van der Waals surface area (Å²) in [5, 5.41) is 0. The van der Waals surface area contributed by atoms with E-state index < -0.39 is 0 Å². The first-order valence-corrected chi connectivity index (χ1v) is 4.54. The molecule has 0 atom stereocenters. The van der Waals surface area contributed by atoms with Crippen LogP contribution in [0.15, 0.2) is 24.3 Å². The van der Waals surface area contributed by atoms with Crippen molar-refractivity contribution in [1.29, 1.82) is 0 Å². The minimum atomic E-state index is 0.726. The van der Waals surface area contributed by atoms with Crippen LogP contribution in [0.2, 0.25) is 0 Å². The minimum absolute atomic E-state index is 0.726. The second-order valence-electron chi connectivity index (χ2n) is 2.65. The zero-order valence-corrected chi connectivity index (χ0v) is 8.12. The Morgan fingerprint density at radius 3 is 2.54 bits per heavy atom. The second-order valence-corrected chi connectivity index (χ2v) is 2.65. The van der Waals surface area contributed by atoms with E-state index in [-0.39, 0.29) is 0 Å². The van der Waals surface area contributed by atoms with Crippen LogP contribution in [-0.2, 0) is 0 Å². The molecule has 0 aromatic heterocycles. The van der Waals surface area contributed by atoms with Gasteiger partial charge in [-0.15, -0.1) is 0 Å². The lowest BCUT2D eigenvalue weighted by Gasteiger charge is -2.09. The zero-order valence-electron chi connectivity index (χ0n) is 8.12. The largest absolute Gasteiger partial charge is 0.490 e. The van der Waals surface area contributed by atoms with E-state index in [0.29, 0.717) is 0 Å². The Kier molecular flexibility index (Phi) is 4.16. The molecule has 71 valence electrons. The van der Waals surface area contributed by atoms with Crippen molar-refractivity contribution in [2.24, 2.45) is 0 Å². The van der Waals surface area contributed by atoms with Crippen molar-refractivity contribution in [3.63, 3.8) is 0 Å². The van der Waals surface area contributed by atoms with Gasteiger partial charge in [-0.25, -0.2) is 0 Å². The standard InChI is InChI=1S/C11H15O2/c1-3-9-13-11-8-6-5-7-10(11)12-4-2/h4-8H,3,9H2,1-2H3. The SMILES string of the molecule is C[CH]Oc1ccccc1OCCC. The summed E-state index contributed by atoms with van der Waals surface area (Å²) in [6, 6.07) is 7.67. The molecule has 0 fully saturated rings. The lowest BCUT2D eigenvalue weighted by atomic mass is 10.3. The van der Waals surface area contributed by atoms with Gasteiger partial charge in [0.15, 0.2) is 11.5 Å². The van der Waals surface area contributed by atoms with Crippen molar-refractivity contribution in [3.05, 3.63) is 30.9 Å². The fourth-order valence-electron chi connectivity index (χ4n) is 1.01. The van der Waals surface area contributed by atoms with Crippen molar-refractivity contribution >= 4 is 0 Å².